The zero-order valence-corrected chi connectivity index (χ0v) is 10.5. The van der Waals surface area contributed by atoms with E-state index in [1.54, 1.807) is 5.57 Å². The quantitative estimate of drug-likeness (QED) is 0.554. The molecule has 0 aromatic rings. The highest BCUT2D eigenvalue weighted by Gasteiger charge is 2.35. The van der Waals surface area contributed by atoms with Crippen LogP contribution in [-0.2, 0) is 0 Å². The van der Waals surface area contributed by atoms with E-state index < -0.39 is 0 Å². The third-order valence-electron chi connectivity index (χ3n) is 4.40. The van der Waals surface area contributed by atoms with Crippen molar-refractivity contribution in [3.8, 4) is 0 Å². The summed E-state index contributed by atoms with van der Waals surface area (Å²) in [6.07, 6.45) is 10.1. The van der Waals surface area contributed by atoms with Gasteiger partial charge in [-0.2, -0.15) is 0 Å². The summed E-state index contributed by atoms with van der Waals surface area (Å²) in [4.78, 5) is 0. The summed E-state index contributed by atoms with van der Waals surface area (Å²) >= 11 is 0. The summed E-state index contributed by atoms with van der Waals surface area (Å²) in [5, 5.41) is 0. The van der Waals surface area contributed by atoms with Crippen LogP contribution in [0.1, 0.15) is 40.5 Å². The van der Waals surface area contributed by atoms with Gasteiger partial charge in [-0.1, -0.05) is 44.6 Å². The number of hydrogen-bond donors (Lipinski definition) is 0. The van der Waals surface area contributed by atoms with Crippen LogP contribution >= 0.6 is 0 Å². The second kappa shape index (κ2) is 4.15. The maximum absolute atomic E-state index is 2.48. The number of rotatable bonds is 1. The van der Waals surface area contributed by atoms with Gasteiger partial charge in [0, 0.05) is 5.92 Å². The molecule has 15 heavy (non-hydrogen) atoms. The molecule has 2 rings (SSSR count). The molecular weight excluding hydrogens is 180 g/mol. The van der Waals surface area contributed by atoms with Gasteiger partial charge in [0.25, 0.3) is 0 Å². The number of hydrogen-bond acceptors (Lipinski definition) is 0. The Morgan fingerprint density at radius 2 is 2.00 bits per heavy atom. The molecule has 2 aliphatic rings. The van der Waals surface area contributed by atoms with Crippen LogP contribution in [0.2, 0.25) is 0 Å². The second-order valence-corrected chi connectivity index (χ2v) is 5.88. The van der Waals surface area contributed by atoms with Crippen LogP contribution in [0.5, 0.6) is 0 Å². The molecule has 0 N–H and O–H groups in total. The fourth-order valence-electron chi connectivity index (χ4n) is 3.44. The molecular formula is C15H24. The van der Waals surface area contributed by atoms with E-state index in [-0.39, 0.29) is 0 Å². The van der Waals surface area contributed by atoms with Crippen molar-refractivity contribution in [1.29, 1.82) is 0 Å². The summed E-state index contributed by atoms with van der Waals surface area (Å²) in [7, 11) is 0. The van der Waals surface area contributed by atoms with E-state index in [1.807, 2.05) is 0 Å². The van der Waals surface area contributed by atoms with Gasteiger partial charge in [-0.05, 0) is 43.4 Å². The van der Waals surface area contributed by atoms with Crippen LogP contribution in [0.25, 0.3) is 0 Å². The topological polar surface area (TPSA) is 0 Å². The van der Waals surface area contributed by atoms with E-state index in [1.165, 1.54) is 12.8 Å². The average Bonchev–Trinajstić information content (AvgIpc) is 2.17. The van der Waals surface area contributed by atoms with Crippen molar-refractivity contribution in [3.63, 3.8) is 0 Å². The maximum Gasteiger partial charge on any atom is 0.000540 e. The Labute approximate surface area is 94.5 Å². The van der Waals surface area contributed by atoms with E-state index in [9.17, 15) is 0 Å². The van der Waals surface area contributed by atoms with Gasteiger partial charge in [0.15, 0.2) is 0 Å². The van der Waals surface area contributed by atoms with Gasteiger partial charge in [0.1, 0.15) is 0 Å². The predicted octanol–water partition coefficient (Wildman–Crippen LogP) is 4.44. The summed E-state index contributed by atoms with van der Waals surface area (Å²) in [6.45, 7) is 9.45. The summed E-state index contributed by atoms with van der Waals surface area (Å²) < 4.78 is 0. The predicted molar refractivity (Wildman–Crippen MR) is 66.6 cm³/mol. The third-order valence-corrected chi connectivity index (χ3v) is 4.40. The van der Waals surface area contributed by atoms with Crippen molar-refractivity contribution >= 4 is 0 Å². The van der Waals surface area contributed by atoms with Gasteiger partial charge in [-0.15, -0.1) is 0 Å². The van der Waals surface area contributed by atoms with Crippen molar-refractivity contribution < 1.29 is 0 Å². The van der Waals surface area contributed by atoms with Crippen LogP contribution in [0.4, 0.5) is 0 Å². The Balaban J connectivity index is 2.25. The normalized spacial score (nSPS) is 40.2. The van der Waals surface area contributed by atoms with E-state index >= 15 is 0 Å². The van der Waals surface area contributed by atoms with Crippen molar-refractivity contribution in [3.05, 3.63) is 23.8 Å². The lowest BCUT2D eigenvalue weighted by Gasteiger charge is -2.42. The fraction of sp³-hybridized carbons (Fsp3) is 0.733. The average molecular weight is 204 g/mol. The minimum absolute atomic E-state index is 0.752. The van der Waals surface area contributed by atoms with Gasteiger partial charge in [-0.25, -0.2) is 0 Å². The van der Waals surface area contributed by atoms with Gasteiger partial charge in [0.2, 0.25) is 0 Å². The van der Waals surface area contributed by atoms with Crippen LogP contribution in [0, 0.1) is 29.6 Å². The molecule has 0 radical (unpaired) electrons. The first-order chi connectivity index (χ1) is 7.09. The van der Waals surface area contributed by atoms with E-state index in [2.05, 4.69) is 45.9 Å². The number of allylic oxidation sites excluding steroid dienone is 4. The van der Waals surface area contributed by atoms with Crippen molar-refractivity contribution in [2.75, 3.05) is 0 Å². The lowest BCUT2D eigenvalue weighted by molar-refractivity contribution is 0.173. The van der Waals surface area contributed by atoms with Crippen LogP contribution in [0.15, 0.2) is 23.8 Å². The molecule has 84 valence electrons. The minimum Gasteiger partial charge on any atom is -0.0851 e. The first kappa shape index (κ1) is 11.0. The highest BCUT2D eigenvalue weighted by molar-refractivity contribution is 5.20. The minimum atomic E-state index is 0.752. The summed E-state index contributed by atoms with van der Waals surface area (Å²) in [5.41, 5.74) is 1.61. The first-order valence-electron chi connectivity index (χ1n) is 6.44. The molecule has 4 atom stereocenters. The Morgan fingerprint density at radius 1 is 1.27 bits per heavy atom. The number of fused-ring (bicyclic) bond motifs is 1. The molecule has 0 saturated carbocycles. The maximum atomic E-state index is 2.48. The van der Waals surface area contributed by atoms with Crippen LogP contribution in [-0.4, -0.2) is 0 Å². The zero-order chi connectivity index (χ0) is 11.0. The fourth-order valence-corrected chi connectivity index (χ4v) is 3.44. The van der Waals surface area contributed by atoms with Crippen molar-refractivity contribution in [1.82, 2.24) is 0 Å². The smallest absolute Gasteiger partial charge is 0.000540 e. The molecule has 0 aliphatic heterocycles. The molecule has 0 aromatic heterocycles. The Bertz CT molecular complexity index is 282. The molecule has 0 bridgehead atoms. The lowest BCUT2D eigenvalue weighted by Crippen LogP contribution is -2.33. The van der Waals surface area contributed by atoms with Crippen LogP contribution in [0.3, 0.4) is 0 Å². The molecule has 0 heteroatoms. The second-order valence-electron chi connectivity index (χ2n) is 5.88. The molecule has 0 spiro atoms. The summed E-state index contributed by atoms with van der Waals surface area (Å²) in [5.74, 6) is 4.20. The van der Waals surface area contributed by atoms with Gasteiger partial charge >= 0.3 is 0 Å². The molecule has 0 nitrogen and oxygen atoms in total. The molecule has 0 heterocycles. The Kier molecular flexibility index (Phi) is 3.04. The van der Waals surface area contributed by atoms with E-state index in [0.717, 1.165) is 29.6 Å². The van der Waals surface area contributed by atoms with Gasteiger partial charge in [0.05, 0.1) is 0 Å². The highest BCUT2D eigenvalue weighted by atomic mass is 14.4. The lowest BCUT2D eigenvalue weighted by atomic mass is 9.63. The third kappa shape index (κ3) is 2.04. The van der Waals surface area contributed by atoms with Gasteiger partial charge in [-0.3, -0.25) is 0 Å². The molecule has 2 aliphatic carbocycles. The van der Waals surface area contributed by atoms with Crippen molar-refractivity contribution in [2.24, 2.45) is 29.6 Å². The SMILES string of the molecule is CC1=CCC(C(C)C)C2CC(C)C=CC12. The Morgan fingerprint density at radius 3 is 2.67 bits per heavy atom. The highest BCUT2D eigenvalue weighted by Crippen LogP contribution is 2.45. The standard InChI is InChI=1S/C15H24/c1-10(2)13-8-6-12(4)14-7-5-11(3)9-15(13)14/h5-7,10-11,13-15H,8-9H2,1-4H3. The van der Waals surface area contributed by atoms with E-state index in [4.69, 9.17) is 0 Å². The molecule has 0 saturated heterocycles. The first-order valence-corrected chi connectivity index (χ1v) is 6.44. The van der Waals surface area contributed by atoms with Crippen LogP contribution < -0.4 is 0 Å². The largest absolute Gasteiger partial charge is 0.0851 e. The zero-order valence-electron chi connectivity index (χ0n) is 10.5. The Hall–Kier alpha value is -0.520. The van der Waals surface area contributed by atoms with Gasteiger partial charge < -0.3 is 0 Å². The summed E-state index contributed by atoms with van der Waals surface area (Å²) in [6, 6.07) is 0. The van der Waals surface area contributed by atoms with Crippen molar-refractivity contribution in [2.45, 2.75) is 40.5 Å². The molecule has 4 unspecified atom stereocenters. The van der Waals surface area contributed by atoms with E-state index in [0.29, 0.717) is 0 Å². The molecule has 0 amide bonds. The molecule has 0 fully saturated rings. The molecule has 0 aromatic carbocycles. The monoisotopic (exact) mass is 204 g/mol.